The Morgan fingerprint density at radius 3 is 2.62 bits per heavy atom. The summed E-state index contributed by atoms with van der Waals surface area (Å²) >= 11 is 6.88. The highest BCUT2D eigenvalue weighted by molar-refractivity contribution is 9.10. The molecule has 2 aromatic carbocycles. The van der Waals surface area contributed by atoms with Gasteiger partial charge in [-0.3, -0.25) is 0 Å². The molecule has 0 aliphatic rings. The van der Waals surface area contributed by atoms with Crippen molar-refractivity contribution in [3.63, 3.8) is 0 Å². The van der Waals surface area contributed by atoms with Gasteiger partial charge in [0.2, 0.25) is 0 Å². The Bertz CT molecular complexity index is 601. The second-order valence-electron chi connectivity index (χ2n) is 4.98. The Kier molecular flexibility index (Phi) is 6.40. The van der Waals surface area contributed by atoms with Gasteiger partial charge in [0.15, 0.2) is 0 Å². The summed E-state index contributed by atoms with van der Waals surface area (Å²) in [7, 11) is 0. The fourth-order valence-electron chi connectivity index (χ4n) is 2.36. The molecule has 0 radical (unpaired) electrons. The molecule has 0 aliphatic heterocycles. The Morgan fingerprint density at radius 1 is 1.14 bits per heavy atom. The molecule has 21 heavy (non-hydrogen) atoms. The molecule has 2 aromatic rings. The maximum Gasteiger partial charge on any atom is 0.137 e. The van der Waals surface area contributed by atoms with E-state index >= 15 is 0 Å². The lowest BCUT2D eigenvalue weighted by Gasteiger charge is -2.19. The largest absolute Gasteiger partial charge is 0.316 e. The van der Waals surface area contributed by atoms with Gasteiger partial charge in [0, 0.05) is 16.9 Å². The van der Waals surface area contributed by atoms with Crippen molar-refractivity contribution in [1.29, 1.82) is 0 Å². The van der Waals surface area contributed by atoms with E-state index in [0.717, 1.165) is 29.5 Å². The SMILES string of the molecule is CCNCC(Cc1cccc(F)c1Br)c1cccc(Br)c1. The Morgan fingerprint density at radius 2 is 1.90 bits per heavy atom. The summed E-state index contributed by atoms with van der Waals surface area (Å²) in [5.41, 5.74) is 2.25. The Labute approximate surface area is 142 Å². The zero-order valence-electron chi connectivity index (χ0n) is 11.9. The van der Waals surface area contributed by atoms with Crippen LogP contribution in [0.5, 0.6) is 0 Å². The molecule has 1 nitrogen and oxygen atoms in total. The summed E-state index contributed by atoms with van der Waals surface area (Å²) in [6, 6.07) is 13.5. The van der Waals surface area contributed by atoms with E-state index in [1.807, 2.05) is 18.2 Å². The molecule has 0 saturated carbocycles. The van der Waals surface area contributed by atoms with Crippen molar-refractivity contribution in [2.75, 3.05) is 13.1 Å². The lowest BCUT2D eigenvalue weighted by Crippen LogP contribution is -2.22. The van der Waals surface area contributed by atoms with Crippen LogP contribution in [0.2, 0.25) is 0 Å². The third-order valence-corrected chi connectivity index (χ3v) is 4.84. The van der Waals surface area contributed by atoms with Crippen LogP contribution in [-0.2, 0) is 6.42 Å². The van der Waals surface area contributed by atoms with Crippen molar-refractivity contribution in [3.8, 4) is 0 Å². The minimum Gasteiger partial charge on any atom is -0.316 e. The second kappa shape index (κ2) is 8.06. The molecule has 1 unspecified atom stereocenters. The van der Waals surface area contributed by atoms with E-state index in [-0.39, 0.29) is 5.82 Å². The van der Waals surface area contributed by atoms with Crippen LogP contribution in [0.25, 0.3) is 0 Å². The molecular formula is C17H18Br2FN. The number of hydrogen-bond acceptors (Lipinski definition) is 1. The van der Waals surface area contributed by atoms with Crippen molar-refractivity contribution < 1.29 is 4.39 Å². The minimum absolute atomic E-state index is 0.205. The van der Waals surface area contributed by atoms with E-state index in [4.69, 9.17) is 0 Å². The first-order chi connectivity index (χ1) is 10.1. The van der Waals surface area contributed by atoms with E-state index in [9.17, 15) is 4.39 Å². The Hall–Kier alpha value is -0.710. The standard InChI is InChI=1S/C17H18Br2FN/c1-2-21-11-14(12-5-3-7-15(18)10-12)9-13-6-4-8-16(20)17(13)19/h3-8,10,14,21H,2,9,11H2,1H3. The van der Waals surface area contributed by atoms with E-state index in [1.165, 1.54) is 11.6 Å². The van der Waals surface area contributed by atoms with Gasteiger partial charge in [-0.2, -0.15) is 0 Å². The normalized spacial score (nSPS) is 12.4. The predicted molar refractivity (Wildman–Crippen MR) is 93.2 cm³/mol. The summed E-state index contributed by atoms with van der Waals surface area (Å²) in [5, 5.41) is 3.40. The second-order valence-corrected chi connectivity index (χ2v) is 6.69. The minimum atomic E-state index is -0.205. The zero-order valence-corrected chi connectivity index (χ0v) is 15.0. The van der Waals surface area contributed by atoms with Gasteiger partial charge in [0.1, 0.15) is 5.82 Å². The highest BCUT2D eigenvalue weighted by Gasteiger charge is 2.15. The fourth-order valence-corrected chi connectivity index (χ4v) is 3.20. The molecule has 112 valence electrons. The maximum atomic E-state index is 13.7. The third-order valence-electron chi connectivity index (χ3n) is 3.46. The number of benzene rings is 2. The van der Waals surface area contributed by atoms with Crippen molar-refractivity contribution in [1.82, 2.24) is 5.32 Å². The van der Waals surface area contributed by atoms with Crippen LogP contribution in [0.4, 0.5) is 4.39 Å². The zero-order chi connectivity index (χ0) is 15.2. The number of rotatable bonds is 6. The van der Waals surface area contributed by atoms with Gasteiger partial charge in [-0.1, -0.05) is 47.1 Å². The number of likely N-dealkylation sites (N-methyl/N-ethyl adjacent to an activating group) is 1. The molecule has 0 heterocycles. The van der Waals surface area contributed by atoms with Gasteiger partial charge in [-0.05, 0) is 58.2 Å². The van der Waals surface area contributed by atoms with Crippen LogP contribution in [0.3, 0.4) is 0 Å². The van der Waals surface area contributed by atoms with Crippen molar-refractivity contribution in [3.05, 3.63) is 68.4 Å². The van der Waals surface area contributed by atoms with Crippen LogP contribution in [0.1, 0.15) is 24.0 Å². The number of hydrogen-bond donors (Lipinski definition) is 1. The number of nitrogens with one attached hydrogen (secondary N) is 1. The van der Waals surface area contributed by atoms with Gasteiger partial charge < -0.3 is 5.32 Å². The quantitative estimate of drug-likeness (QED) is 0.677. The highest BCUT2D eigenvalue weighted by atomic mass is 79.9. The van der Waals surface area contributed by atoms with Crippen LogP contribution >= 0.6 is 31.9 Å². The first-order valence-electron chi connectivity index (χ1n) is 7.01. The molecular weight excluding hydrogens is 397 g/mol. The first kappa shape index (κ1) is 16.7. The van der Waals surface area contributed by atoms with Gasteiger partial charge in [-0.15, -0.1) is 0 Å². The highest BCUT2D eigenvalue weighted by Crippen LogP contribution is 2.28. The van der Waals surface area contributed by atoms with Crippen LogP contribution in [-0.4, -0.2) is 13.1 Å². The van der Waals surface area contributed by atoms with E-state index < -0.39 is 0 Å². The molecule has 0 amide bonds. The average molecular weight is 415 g/mol. The van der Waals surface area contributed by atoms with Crippen molar-refractivity contribution >= 4 is 31.9 Å². The fraction of sp³-hybridized carbons (Fsp3) is 0.294. The van der Waals surface area contributed by atoms with Gasteiger partial charge in [0.25, 0.3) is 0 Å². The van der Waals surface area contributed by atoms with Crippen LogP contribution in [0.15, 0.2) is 51.4 Å². The summed E-state index contributed by atoms with van der Waals surface area (Å²) in [6.07, 6.45) is 0.793. The molecule has 0 spiro atoms. The monoisotopic (exact) mass is 413 g/mol. The molecule has 4 heteroatoms. The summed E-state index contributed by atoms with van der Waals surface area (Å²) in [4.78, 5) is 0. The van der Waals surface area contributed by atoms with E-state index in [0.29, 0.717) is 10.4 Å². The smallest absolute Gasteiger partial charge is 0.137 e. The van der Waals surface area contributed by atoms with Crippen LogP contribution in [0, 0.1) is 5.82 Å². The van der Waals surface area contributed by atoms with E-state index in [2.05, 4.69) is 56.2 Å². The predicted octanol–water partition coefficient (Wildman–Crippen LogP) is 5.29. The molecule has 1 N–H and O–H groups in total. The molecule has 1 atom stereocenters. The molecule has 2 rings (SSSR count). The van der Waals surface area contributed by atoms with E-state index in [1.54, 1.807) is 6.07 Å². The molecule has 0 saturated heterocycles. The number of halogens is 3. The summed E-state index contributed by atoms with van der Waals surface area (Å²) in [6.45, 7) is 3.89. The maximum absolute atomic E-state index is 13.7. The van der Waals surface area contributed by atoms with Gasteiger partial charge >= 0.3 is 0 Å². The van der Waals surface area contributed by atoms with Crippen LogP contribution < -0.4 is 5.32 Å². The van der Waals surface area contributed by atoms with Crippen molar-refractivity contribution in [2.45, 2.75) is 19.3 Å². The summed E-state index contributed by atoms with van der Waals surface area (Å²) in [5.74, 6) is 0.101. The molecule has 0 bridgehead atoms. The van der Waals surface area contributed by atoms with Gasteiger partial charge in [0.05, 0.1) is 4.47 Å². The molecule has 0 aromatic heterocycles. The molecule has 0 aliphatic carbocycles. The summed E-state index contributed by atoms with van der Waals surface area (Å²) < 4.78 is 15.3. The van der Waals surface area contributed by atoms with Gasteiger partial charge in [-0.25, -0.2) is 4.39 Å². The first-order valence-corrected chi connectivity index (χ1v) is 8.59. The lowest BCUT2D eigenvalue weighted by atomic mass is 9.92. The van der Waals surface area contributed by atoms with Crippen molar-refractivity contribution in [2.24, 2.45) is 0 Å². The third kappa shape index (κ3) is 4.63. The lowest BCUT2D eigenvalue weighted by molar-refractivity contribution is 0.585. The average Bonchev–Trinajstić information content (AvgIpc) is 2.47. The molecule has 0 fully saturated rings. The topological polar surface area (TPSA) is 12.0 Å². The Balaban J connectivity index is 2.26.